The second-order valence-corrected chi connectivity index (χ2v) is 8.21. The Labute approximate surface area is 193 Å². The number of hydrazone groups is 1. The third-order valence-electron chi connectivity index (χ3n) is 4.32. The number of fused-ring (bicyclic) bond motifs is 1. The van der Waals surface area contributed by atoms with E-state index in [2.05, 4.69) is 52.4 Å². The molecule has 10 heteroatoms. The van der Waals surface area contributed by atoms with Gasteiger partial charge in [0.1, 0.15) is 12.4 Å². The molecule has 3 aromatic carbocycles. The van der Waals surface area contributed by atoms with Crippen LogP contribution in [0, 0.1) is 10.1 Å². The molecule has 0 atom stereocenters. The minimum Gasteiger partial charge on any atom is -0.487 e. The fourth-order valence-electron chi connectivity index (χ4n) is 2.84. The molecule has 0 saturated carbocycles. The summed E-state index contributed by atoms with van der Waals surface area (Å²) in [7, 11) is 0. The van der Waals surface area contributed by atoms with Gasteiger partial charge in [0.2, 0.25) is 5.95 Å². The van der Waals surface area contributed by atoms with Crippen LogP contribution in [-0.2, 0) is 6.61 Å². The van der Waals surface area contributed by atoms with Gasteiger partial charge in [-0.1, -0.05) is 12.1 Å². The quantitative estimate of drug-likeness (QED) is 0.168. The molecule has 0 unspecified atom stereocenters. The minimum atomic E-state index is -0.429. The highest BCUT2D eigenvalue weighted by Crippen LogP contribution is 2.35. The summed E-state index contributed by atoms with van der Waals surface area (Å²) in [5, 5.41) is 15.0. The first kappa shape index (κ1) is 21.0. The number of nitrogens with one attached hydrogen (secondary N) is 2. The molecule has 2 N–H and O–H groups in total. The lowest BCUT2D eigenvalue weighted by Gasteiger charge is -2.11. The minimum absolute atomic E-state index is 0.0472. The number of nitro benzene ring substituents is 1. The van der Waals surface area contributed by atoms with Crippen molar-refractivity contribution in [1.82, 2.24) is 9.97 Å². The third kappa shape index (κ3) is 5.09. The number of benzene rings is 3. The number of non-ortho nitro benzene ring substituents is 1. The number of ether oxygens (including phenoxy) is 1. The average Bonchev–Trinajstić information content (AvgIpc) is 3.16. The SMILES string of the molecule is O=[N+]([O-])c1ccc(COc2c(Br)cc(/C=N/Nc3nc4ccccc4[nH]3)cc2Br)cc1. The number of aromatic nitrogens is 2. The van der Waals surface area contributed by atoms with Crippen LogP contribution in [0.15, 0.2) is 74.7 Å². The molecule has 0 aliphatic carbocycles. The maximum absolute atomic E-state index is 10.8. The van der Waals surface area contributed by atoms with Crippen LogP contribution < -0.4 is 10.2 Å². The van der Waals surface area contributed by atoms with Gasteiger partial charge in [0.25, 0.3) is 5.69 Å². The number of nitrogens with zero attached hydrogens (tertiary/aromatic N) is 3. The lowest BCUT2D eigenvalue weighted by atomic mass is 10.2. The van der Waals surface area contributed by atoms with Gasteiger partial charge < -0.3 is 9.72 Å². The second kappa shape index (κ2) is 9.27. The molecule has 0 bridgehead atoms. The summed E-state index contributed by atoms with van der Waals surface area (Å²) < 4.78 is 7.37. The summed E-state index contributed by atoms with van der Waals surface area (Å²) in [6, 6.07) is 17.7. The molecule has 0 spiro atoms. The van der Waals surface area contributed by atoms with Crippen LogP contribution in [0.25, 0.3) is 11.0 Å². The Morgan fingerprint density at radius 2 is 1.84 bits per heavy atom. The van der Waals surface area contributed by atoms with E-state index < -0.39 is 4.92 Å². The number of para-hydroxylation sites is 2. The lowest BCUT2D eigenvalue weighted by Crippen LogP contribution is -1.99. The van der Waals surface area contributed by atoms with Gasteiger partial charge in [0.05, 0.1) is 31.1 Å². The Kier molecular flexibility index (Phi) is 6.28. The van der Waals surface area contributed by atoms with Gasteiger partial charge in [-0.05, 0) is 79.4 Å². The largest absolute Gasteiger partial charge is 0.487 e. The molecule has 1 heterocycles. The third-order valence-corrected chi connectivity index (χ3v) is 5.50. The monoisotopic (exact) mass is 543 g/mol. The average molecular weight is 545 g/mol. The molecule has 0 saturated heterocycles. The highest BCUT2D eigenvalue weighted by molar-refractivity contribution is 9.11. The van der Waals surface area contributed by atoms with Crippen LogP contribution in [0.3, 0.4) is 0 Å². The Morgan fingerprint density at radius 1 is 1.13 bits per heavy atom. The van der Waals surface area contributed by atoms with Crippen LogP contribution in [0.2, 0.25) is 0 Å². The van der Waals surface area contributed by atoms with Gasteiger partial charge >= 0.3 is 0 Å². The predicted octanol–water partition coefficient (Wildman–Crippen LogP) is 6.02. The highest BCUT2D eigenvalue weighted by atomic mass is 79.9. The first-order valence-corrected chi connectivity index (χ1v) is 10.7. The number of anilines is 1. The molecule has 4 rings (SSSR count). The summed E-state index contributed by atoms with van der Waals surface area (Å²) in [4.78, 5) is 17.9. The number of nitro groups is 1. The van der Waals surface area contributed by atoms with Crippen LogP contribution in [0.1, 0.15) is 11.1 Å². The summed E-state index contributed by atoms with van der Waals surface area (Å²) in [6.07, 6.45) is 1.67. The molecule has 8 nitrogen and oxygen atoms in total. The molecule has 0 aliphatic heterocycles. The topological polar surface area (TPSA) is 105 Å². The van der Waals surface area contributed by atoms with E-state index in [1.165, 1.54) is 12.1 Å². The smallest absolute Gasteiger partial charge is 0.269 e. The van der Waals surface area contributed by atoms with Gasteiger partial charge in [-0.3, -0.25) is 10.1 Å². The van der Waals surface area contributed by atoms with Crippen LogP contribution >= 0.6 is 31.9 Å². The molecule has 156 valence electrons. The van der Waals surface area contributed by atoms with E-state index in [1.54, 1.807) is 18.3 Å². The van der Waals surface area contributed by atoms with E-state index in [0.717, 1.165) is 31.1 Å². The zero-order chi connectivity index (χ0) is 21.8. The molecule has 1 aromatic heterocycles. The first-order chi connectivity index (χ1) is 15.0. The fraction of sp³-hybridized carbons (Fsp3) is 0.0476. The summed E-state index contributed by atoms with van der Waals surface area (Å²) in [5.74, 6) is 1.18. The molecule has 0 radical (unpaired) electrons. The Balaban J connectivity index is 1.41. The molecule has 0 amide bonds. The number of rotatable bonds is 7. The number of halogens is 2. The molecule has 31 heavy (non-hydrogen) atoms. The Hall–Kier alpha value is -3.24. The van der Waals surface area contributed by atoms with Crippen molar-refractivity contribution in [3.63, 3.8) is 0 Å². The second-order valence-electron chi connectivity index (χ2n) is 6.50. The van der Waals surface area contributed by atoms with E-state index in [0.29, 0.717) is 11.7 Å². The number of hydrogen-bond donors (Lipinski definition) is 2. The van der Waals surface area contributed by atoms with Crippen molar-refractivity contribution >= 4 is 60.7 Å². The van der Waals surface area contributed by atoms with Crippen molar-refractivity contribution in [2.75, 3.05) is 5.43 Å². The van der Waals surface area contributed by atoms with Crippen molar-refractivity contribution in [3.8, 4) is 5.75 Å². The van der Waals surface area contributed by atoms with Crippen LogP contribution in [-0.4, -0.2) is 21.1 Å². The number of hydrogen-bond acceptors (Lipinski definition) is 6. The highest BCUT2D eigenvalue weighted by Gasteiger charge is 2.10. The van der Waals surface area contributed by atoms with Crippen LogP contribution in [0.4, 0.5) is 11.6 Å². The molecule has 0 fully saturated rings. The Morgan fingerprint density at radius 3 is 2.52 bits per heavy atom. The van der Waals surface area contributed by atoms with E-state index >= 15 is 0 Å². The lowest BCUT2D eigenvalue weighted by molar-refractivity contribution is -0.384. The zero-order valence-electron chi connectivity index (χ0n) is 15.9. The van der Waals surface area contributed by atoms with E-state index in [9.17, 15) is 10.1 Å². The van der Waals surface area contributed by atoms with Crippen molar-refractivity contribution in [2.45, 2.75) is 6.61 Å². The summed E-state index contributed by atoms with van der Waals surface area (Å²) in [5.41, 5.74) is 6.39. The van der Waals surface area contributed by atoms with Crippen LogP contribution in [0.5, 0.6) is 5.75 Å². The molecular weight excluding hydrogens is 530 g/mol. The van der Waals surface area contributed by atoms with Gasteiger partial charge in [0, 0.05) is 12.1 Å². The van der Waals surface area contributed by atoms with E-state index in [1.807, 2.05) is 36.4 Å². The van der Waals surface area contributed by atoms with Crippen molar-refractivity contribution < 1.29 is 9.66 Å². The fourth-order valence-corrected chi connectivity index (χ4v) is 4.29. The molecule has 4 aromatic rings. The molecule has 0 aliphatic rings. The normalized spacial score (nSPS) is 11.2. The number of imidazole rings is 1. The van der Waals surface area contributed by atoms with Crippen molar-refractivity contribution in [1.29, 1.82) is 0 Å². The first-order valence-electron chi connectivity index (χ1n) is 9.08. The number of aromatic amines is 1. The molecular formula is C21H15Br2N5O3. The van der Waals surface area contributed by atoms with Gasteiger partial charge in [-0.25, -0.2) is 10.4 Å². The summed E-state index contributed by atoms with van der Waals surface area (Å²) in [6.45, 7) is 0.274. The van der Waals surface area contributed by atoms with Gasteiger partial charge in [-0.15, -0.1) is 0 Å². The van der Waals surface area contributed by atoms with Crippen molar-refractivity contribution in [2.24, 2.45) is 5.10 Å². The van der Waals surface area contributed by atoms with E-state index in [4.69, 9.17) is 4.74 Å². The zero-order valence-corrected chi connectivity index (χ0v) is 19.1. The maximum atomic E-state index is 10.8. The summed E-state index contributed by atoms with van der Waals surface area (Å²) >= 11 is 7.03. The maximum Gasteiger partial charge on any atom is 0.269 e. The van der Waals surface area contributed by atoms with Gasteiger partial charge in [-0.2, -0.15) is 5.10 Å². The number of H-pyrrole nitrogens is 1. The van der Waals surface area contributed by atoms with Crippen molar-refractivity contribution in [3.05, 3.63) is 90.9 Å². The predicted molar refractivity (Wildman–Crippen MR) is 127 cm³/mol. The Bertz CT molecular complexity index is 1220. The van der Waals surface area contributed by atoms with E-state index in [-0.39, 0.29) is 12.3 Å². The standard InChI is InChI=1S/C21H15Br2N5O3/c22-16-9-14(11-24-27-21-25-18-3-1-2-4-19(18)26-21)10-17(23)20(16)31-12-13-5-7-15(8-6-13)28(29)30/h1-11H,12H2,(H2,25,26,27)/b24-11+. The van der Waals surface area contributed by atoms with Gasteiger partial charge in [0.15, 0.2) is 0 Å².